The fraction of sp³-hybridized carbons (Fsp3) is 0.500. The predicted molar refractivity (Wildman–Crippen MR) is 132 cm³/mol. The number of thiol groups is 1. The number of hydrogen-bond donors (Lipinski definition) is 9. The number of phenolic OH excluding ortho intramolecular Hbond substituents is 1. The molecule has 0 aliphatic carbocycles. The molecule has 3 amide bonds. The summed E-state index contributed by atoms with van der Waals surface area (Å²) in [5, 5.41) is 34.7. The molecule has 14 heteroatoms. The van der Waals surface area contributed by atoms with E-state index in [-0.39, 0.29) is 24.3 Å². The van der Waals surface area contributed by atoms with Crippen LogP contribution in [0.15, 0.2) is 24.3 Å². The van der Waals surface area contributed by atoms with Crippen LogP contribution in [0.5, 0.6) is 5.75 Å². The van der Waals surface area contributed by atoms with E-state index < -0.39 is 60.2 Å². The van der Waals surface area contributed by atoms with Gasteiger partial charge in [-0.3, -0.25) is 19.2 Å². The van der Waals surface area contributed by atoms with Crippen molar-refractivity contribution in [2.75, 3.05) is 12.3 Å². The number of carbonyl (C=O) groups excluding carboxylic acids is 3. The third-order valence-corrected chi connectivity index (χ3v) is 5.48. The number of nitrogens with two attached hydrogens (primary N) is 2. The average molecular weight is 528 g/mol. The number of aliphatic carboxylic acids is 2. The fourth-order valence-electron chi connectivity index (χ4n) is 3.13. The molecule has 10 N–H and O–H groups in total. The summed E-state index contributed by atoms with van der Waals surface area (Å²) in [6.07, 6.45) is 0.313. The zero-order chi connectivity index (χ0) is 27.3. The van der Waals surface area contributed by atoms with Gasteiger partial charge in [0.15, 0.2) is 0 Å². The van der Waals surface area contributed by atoms with Crippen molar-refractivity contribution in [3.63, 3.8) is 0 Å². The van der Waals surface area contributed by atoms with Gasteiger partial charge in [-0.25, -0.2) is 4.79 Å². The maximum Gasteiger partial charge on any atom is 0.326 e. The Morgan fingerprint density at radius 2 is 1.42 bits per heavy atom. The number of carboxylic acids is 2. The molecule has 0 bridgehead atoms. The van der Waals surface area contributed by atoms with Crippen LogP contribution in [-0.2, 0) is 30.4 Å². The van der Waals surface area contributed by atoms with Crippen LogP contribution in [0.3, 0.4) is 0 Å². The van der Waals surface area contributed by atoms with Gasteiger partial charge in [0.2, 0.25) is 17.7 Å². The molecule has 0 spiro atoms. The van der Waals surface area contributed by atoms with Gasteiger partial charge in [0.25, 0.3) is 0 Å². The van der Waals surface area contributed by atoms with Crippen LogP contribution in [-0.4, -0.2) is 81.4 Å². The maximum absolute atomic E-state index is 12.7. The van der Waals surface area contributed by atoms with E-state index in [1.54, 1.807) is 12.1 Å². The van der Waals surface area contributed by atoms with Crippen molar-refractivity contribution >= 4 is 42.3 Å². The van der Waals surface area contributed by atoms with Gasteiger partial charge < -0.3 is 42.7 Å². The van der Waals surface area contributed by atoms with Crippen molar-refractivity contribution < 1.29 is 39.3 Å². The first-order chi connectivity index (χ1) is 17.0. The minimum atomic E-state index is -1.60. The summed E-state index contributed by atoms with van der Waals surface area (Å²) in [7, 11) is 0. The summed E-state index contributed by atoms with van der Waals surface area (Å²) in [6.45, 7) is 0.341. The third kappa shape index (κ3) is 10.9. The summed E-state index contributed by atoms with van der Waals surface area (Å²) in [4.78, 5) is 60.5. The number of nitrogens with one attached hydrogen (secondary N) is 3. The maximum atomic E-state index is 12.7. The molecule has 0 fully saturated rings. The molecule has 0 radical (unpaired) electrons. The Bertz CT molecular complexity index is 914. The standard InChI is InChI=1S/C22H33N5O8S/c23-8-2-1-3-15(22(34)35)25-20(32)16(10-18(29)30)26-21(33)17(11-36)27-19(31)14(24)9-12-4-6-13(28)7-5-12/h4-7,14-17,28,36H,1-3,8-11,23-24H2,(H,25,32)(H,26,33)(H,27,31)(H,29,30)(H,34,35). The normalized spacial score (nSPS) is 14.1. The summed E-state index contributed by atoms with van der Waals surface area (Å²) in [5.74, 6) is -5.46. The van der Waals surface area contributed by atoms with Crippen LogP contribution < -0.4 is 27.4 Å². The lowest BCUT2D eigenvalue weighted by Crippen LogP contribution is -2.58. The molecule has 200 valence electrons. The van der Waals surface area contributed by atoms with Crippen LogP contribution >= 0.6 is 12.6 Å². The van der Waals surface area contributed by atoms with E-state index in [4.69, 9.17) is 16.6 Å². The number of unbranched alkanes of at least 4 members (excludes halogenated alkanes) is 1. The van der Waals surface area contributed by atoms with E-state index in [0.717, 1.165) is 0 Å². The van der Waals surface area contributed by atoms with Gasteiger partial charge in [0.1, 0.15) is 23.9 Å². The van der Waals surface area contributed by atoms with Gasteiger partial charge in [0, 0.05) is 5.75 Å². The molecule has 0 saturated carbocycles. The topological polar surface area (TPSA) is 234 Å². The van der Waals surface area contributed by atoms with Gasteiger partial charge >= 0.3 is 11.9 Å². The van der Waals surface area contributed by atoms with E-state index >= 15 is 0 Å². The van der Waals surface area contributed by atoms with Crippen molar-refractivity contribution in [1.29, 1.82) is 0 Å². The summed E-state index contributed by atoms with van der Waals surface area (Å²) >= 11 is 4.03. The molecule has 13 nitrogen and oxygen atoms in total. The Morgan fingerprint density at radius 3 is 1.94 bits per heavy atom. The SMILES string of the molecule is NCCCCC(NC(=O)C(CC(=O)O)NC(=O)C(CS)NC(=O)C(N)Cc1ccc(O)cc1)C(=O)O. The van der Waals surface area contributed by atoms with Crippen molar-refractivity contribution in [1.82, 2.24) is 16.0 Å². The van der Waals surface area contributed by atoms with Crippen molar-refractivity contribution in [2.24, 2.45) is 11.5 Å². The van der Waals surface area contributed by atoms with Crippen molar-refractivity contribution in [3.8, 4) is 5.75 Å². The lowest BCUT2D eigenvalue weighted by atomic mass is 10.1. The van der Waals surface area contributed by atoms with Gasteiger partial charge in [-0.15, -0.1) is 0 Å². The molecule has 1 aromatic carbocycles. The monoisotopic (exact) mass is 527 g/mol. The molecule has 0 aliphatic heterocycles. The second kappa shape index (κ2) is 15.6. The van der Waals surface area contributed by atoms with Gasteiger partial charge in [-0.1, -0.05) is 12.1 Å². The zero-order valence-corrected chi connectivity index (χ0v) is 20.4. The first-order valence-electron chi connectivity index (χ1n) is 11.2. The lowest BCUT2D eigenvalue weighted by Gasteiger charge is -2.24. The molecule has 4 atom stereocenters. The van der Waals surface area contributed by atoms with Crippen LogP contribution in [0, 0.1) is 0 Å². The minimum absolute atomic E-state index is 0.0498. The number of aromatic hydroxyl groups is 1. The molecule has 0 aliphatic rings. The highest BCUT2D eigenvalue weighted by Gasteiger charge is 2.31. The van der Waals surface area contributed by atoms with E-state index in [9.17, 15) is 34.2 Å². The molecular formula is C22H33N5O8S. The third-order valence-electron chi connectivity index (χ3n) is 5.12. The van der Waals surface area contributed by atoms with Crippen LogP contribution in [0.25, 0.3) is 0 Å². The first kappa shape index (κ1) is 30.7. The molecule has 0 saturated heterocycles. The molecule has 0 heterocycles. The average Bonchev–Trinajstić information content (AvgIpc) is 2.82. The Hall–Kier alpha value is -3.36. The Labute approximate surface area is 213 Å². The number of amides is 3. The Balaban J connectivity index is 2.82. The summed E-state index contributed by atoms with van der Waals surface area (Å²) < 4.78 is 0. The van der Waals surface area contributed by atoms with E-state index in [2.05, 4.69) is 28.6 Å². The van der Waals surface area contributed by atoms with Gasteiger partial charge in [-0.05, 0) is 49.9 Å². The smallest absolute Gasteiger partial charge is 0.326 e. The Kier molecular flexibility index (Phi) is 13.3. The van der Waals surface area contributed by atoms with Crippen molar-refractivity contribution in [3.05, 3.63) is 29.8 Å². The summed E-state index contributed by atoms with van der Waals surface area (Å²) in [6, 6.07) is 0.840. The molecule has 1 rings (SSSR count). The van der Waals surface area contributed by atoms with Crippen LogP contribution in [0.2, 0.25) is 0 Å². The minimum Gasteiger partial charge on any atom is -0.508 e. The molecular weight excluding hydrogens is 494 g/mol. The number of phenols is 1. The van der Waals surface area contributed by atoms with Gasteiger partial charge in [-0.2, -0.15) is 12.6 Å². The first-order valence-corrected chi connectivity index (χ1v) is 11.8. The zero-order valence-electron chi connectivity index (χ0n) is 19.6. The second-order valence-corrected chi connectivity index (χ2v) is 8.43. The highest BCUT2D eigenvalue weighted by atomic mass is 32.1. The lowest BCUT2D eigenvalue weighted by molar-refractivity contribution is -0.143. The quantitative estimate of drug-likeness (QED) is 0.0876. The largest absolute Gasteiger partial charge is 0.508 e. The van der Waals surface area contributed by atoms with Crippen LogP contribution in [0.4, 0.5) is 0 Å². The second-order valence-electron chi connectivity index (χ2n) is 8.06. The fourth-order valence-corrected chi connectivity index (χ4v) is 3.39. The van der Waals surface area contributed by atoms with Gasteiger partial charge in [0.05, 0.1) is 12.5 Å². The number of benzene rings is 1. The number of carboxylic acid groups (broad SMARTS) is 2. The highest BCUT2D eigenvalue weighted by Crippen LogP contribution is 2.11. The molecule has 1 aromatic rings. The number of carbonyl (C=O) groups is 5. The summed E-state index contributed by atoms with van der Waals surface area (Å²) in [5.41, 5.74) is 12.0. The molecule has 0 aromatic heterocycles. The van der Waals surface area contributed by atoms with E-state index in [0.29, 0.717) is 24.9 Å². The number of rotatable bonds is 16. The van der Waals surface area contributed by atoms with E-state index in [1.807, 2.05) is 0 Å². The highest BCUT2D eigenvalue weighted by molar-refractivity contribution is 7.80. The predicted octanol–water partition coefficient (Wildman–Crippen LogP) is -1.67. The molecule has 36 heavy (non-hydrogen) atoms. The van der Waals surface area contributed by atoms with Crippen molar-refractivity contribution in [2.45, 2.75) is 56.3 Å². The van der Waals surface area contributed by atoms with E-state index in [1.165, 1.54) is 12.1 Å². The Morgan fingerprint density at radius 1 is 0.861 bits per heavy atom. The number of hydrogen-bond acceptors (Lipinski definition) is 9. The molecule has 4 unspecified atom stereocenters. The van der Waals surface area contributed by atoms with Crippen LogP contribution in [0.1, 0.15) is 31.2 Å².